The number of aromatic nitrogens is 2. The number of nitrogens with zero attached hydrogens (tertiary/aromatic N) is 2. The molecule has 1 saturated heterocycles. The van der Waals surface area contributed by atoms with Gasteiger partial charge in [0.05, 0.1) is 25.4 Å². The van der Waals surface area contributed by atoms with Gasteiger partial charge in [0.1, 0.15) is 5.75 Å². The molecule has 8 heteroatoms. The van der Waals surface area contributed by atoms with Gasteiger partial charge in [-0.15, -0.1) is 0 Å². The molecule has 0 bridgehead atoms. The Labute approximate surface area is 183 Å². The van der Waals surface area contributed by atoms with Crippen molar-refractivity contribution in [2.45, 2.75) is 52.7 Å². The van der Waals surface area contributed by atoms with Crippen LogP contribution in [0, 0.1) is 6.92 Å². The van der Waals surface area contributed by atoms with Gasteiger partial charge >= 0.3 is 0 Å². The number of rotatable bonds is 8. The number of benzene rings is 1. The van der Waals surface area contributed by atoms with Crippen LogP contribution in [0.15, 0.2) is 29.1 Å². The van der Waals surface area contributed by atoms with Crippen molar-refractivity contribution < 1.29 is 14.3 Å². The van der Waals surface area contributed by atoms with Gasteiger partial charge in [0.15, 0.2) is 0 Å². The average Bonchev–Trinajstić information content (AvgIpc) is 2.73. The molecule has 0 spiro atoms. The minimum Gasteiger partial charge on any atom is -0.491 e. The van der Waals surface area contributed by atoms with Crippen LogP contribution >= 0.6 is 0 Å². The lowest BCUT2D eigenvalue weighted by atomic mass is 10.1. The lowest BCUT2D eigenvalue weighted by Gasteiger charge is -2.27. The number of aryl methyl sites for hydroxylation is 1. The highest BCUT2D eigenvalue weighted by molar-refractivity contribution is 5.76. The zero-order valence-electron chi connectivity index (χ0n) is 18.7. The van der Waals surface area contributed by atoms with Crippen LogP contribution < -0.4 is 20.5 Å². The molecule has 1 atom stereocenters. The Morgan fingerprint density at radius 3 is 2.71 bits per heavy atom. The number of hydrogen-bond donors (Lipinski definition) is 2. The number of ether oxygens (including phenoxy) is 2. The summed E-state index contributed by atoms with van der Waals surface area (Å²) in [6.07, 6.45) is 0.645. The Balaban J connectivity index is 1.58. The first-order valence-electron chi connectivity index (χ1n) is 10.8. The van der Waals surface area contributed by atoms with Crippen LogP contribution in [0.25, 0.3) is 0 Å². The van der Waals surface area contributed by atoms with Crippen molar-refractivity contribution in [2.75, 3.05) is 31.2 Å². The van der Waals surface area contributed by atoms with E-state index in [0.717, 1.165) is 11.3 Å². The fourth-order valence-electron chi connectivity index (χ4n) is 3.58. The quantitative estimate of drug-likeness (QED) is 0.671. The van der Waals surface area contributed by atoms with Crippen molar-refractivity contribution in [1.29, 1.82) is 0 Å². The molecule has 1 fully saturated rings. The molecule has 2 aromatic rings. The maximum Gasteiger partial charge on any atom is 0.255 e. The number of H-pyrrole nitrogens is 1. The predicted octanol–water partition coefficient (Wildman–Crippen LogP) is 2.51. The molecule has 1 aliphatic rings. The molecule has 8 nitrogen and oxygen atoms in total. The molecule has 3 rings (SSSR count). The predicted molar refractivity (Wildman–Crippen MR) is 120 cm³/mol. The van der Waals surface area contributed by atoms with Gasteiger partial charge in [-0.25, -0.2) is 4.98 Å². The number of morpholine rings is 1. The van der Waals surface area contributed by atoms with E-state index in [1.807, 2.05) is 56.9 Å². The van der Waals surface area contributed by atoms with Crippen LogP contribution in [0.3, 0.4) is 0 Å². The highest BCUT2D eigenvalue weighted by atomic mass is 16.5. The minimum atomic E-state index is -0.187. The summed E-state index contributed by atoms with van der Waals surface area (Å²) >= 11 is 0. The number of amides is 1. The molecule has 1 aromatic carbocycles. The van der Waals surface area contributed by atoms with Gasteiger partial charge in [-0.1, -0.05) is 12.1 Å². The van der Waals surface area contributed by atoms with Crippen LogP contribution in [-0.4, -0.2) is 48.3 Å². The van der Waals surface area contributed by atoms with Crippen LogP contribution in [0.2, 0.25) is 0 Å². The molecule has 2 heterocycles. The third-order valence-electron chi connectivity index (χ3n) is 5.23. The second-order valence-electron chi connectivity index (χ2n) is 8.08. The van der Waals surface area contributed by atoms with E-state index >= 15 is 0 Å². The molecule has 1 amide bonds. The van der Waals surface area contributed by atoms with Crippen molar-refractivity contribution in [3.63, 3.8) is 0 Å². The van der Waals surface area contributed by atoms with Crippen molar-refractivity contribution in [2.24, 2.45) is 0 Å². The second kappa shape index (κ2) is 10.4. The number of anilines is 1. The summed E-state index contributed by atoms with van der Waals surface area (Å²) in [6.45, 7) is 10.3. The smallest absolute Gasteiger partial charge is 0.255 e. The van der Waals surface area contributed by atoms with E-state index in [1.54, 1.807) is 0 Å². The topological polar surface area (TPSA) is 96.6 Å². The van der Waals surface area contributed by atoms with E-state index in [0.29, 0.717) is 49.9 Å². The molecular formula is C23H32N4O4. The van der Waals surface area contributed by atoms with Crippen LogP contribution in [0.4, 0.5) is 5.95 Å². The Morgan fingerprint density at radius 1 is 1.29 bits per heavy atom. The molecule has 2 N–H and O–H groups in total. The Bertz CT molecular complexity index is 951. The number of nitrogens with one attached hydrogen (secondary N) is 2. The Kier molecular flexibility index (Phi) is 7.68. The third-order valence-corrected chi connectivity index (χ3v) is 5.23. The molecule has 31 heavy (non-hydrogen) atoms. The highest BCUT2D eigenvalue weighted by Crippen LogP contribution is 2.20. The zero-order valence-corrected chi connectivity index (χ0v) is 18.7. The monoisotopic (exact) mass is 428 g/mol. The minimum absolute atomic E-state index is 0.0877. The van der Waals surface area contributed by atoms with Gasteiger partial charge in [-0.05, 0) is 51.8 Å². The molecule has 0 radical (unpaired) electrons. The highest BCUT2D eigenvalue weighted by Gasteiger charge is 2.17. The third kappa shape index (κ3) is 6.30. The largest absolute Gasteiger partial charge is 0.491 e. The van der Waals surface area contributed by atoms with Crippen molar-refractivity contribution in [3.05, 3.63) is 51.4 Å². The van der Waals surface area contributed by atoms with Gasteiger partial charge in [0.25, 0.3) is 5.56 Å². The molecule has 1 aliphatic heterocycles. The summed E-state index contributed by atoms with van der Waals surface area (Å²) in [5.41, 5.74) is 1.99. The first kappa shape index (κ1) is 22.8. The molecule has 1 aromatic heterocycles. The number of hydrogen-bond acceptors (Lipinski definition) is 6. The van der Waals surface area contributed by atoms with E-state index in [9.17, 15) is 9.59 Å². The lowest BCUT2D eigenvalue weighted by molar-refractivity contribution is -0.121. The number of carbonyl (C=O) groups excluding carboxylic acids is 1. The van der Waals surface area contributed by atoms with Gasteiger partial charge in [0.2, 0.25) is 11.9 Å². The normalized spacial score (nSPS) is 15.1. The summed E-state index contributed by atoms with van der Waals surface area (Å²) in [7, 11) is 0. The van der Waals surface area contributed by atoms with E-state index in [4.69, 9.17) is 9.47 Å². The number of carbonyl (C=O) groups is 1. The van der Waals surface area contributed by atoms with E-state index in [-0.39, 0.29) is 30.0 Å². The van der Waals surface area contributed by atoms with Gasteiger partial charge < -0.3 is 19.7 Å². The maximum absolute atomic E-state index is 12.6. The van der Waals surface area contributed by atoms with Crippen molar-refractivity contribution >= 4 is 11.9 Å². The fourth-order valence-corrected chi connectivity index (χ4v) is 3.58. The Morgan fingerprint density at radius 2 is 2.03 bits per heavy atom. The molecular weight excluding hydrogens is 396 g/mol. The number of aromatic amines is 1. The summed E-state index contributed by atoms with van der Waals surface area (Å²) in [5.74, 6) is 1.23. The first-order valence-corrected chi connectivity index (χ1v) is 10.8. The average molecular weight is 429 g/mol. The summed E-state index contributed by atoms with van der Waals surface area (Å²) in [4.78, 5) is 34.5. The van der Waals surface area contributed by atoms with E-state index in [2.05, 4.69) is 15.3 Å². The summed E-state index contributed by atoms with van der Waals surface area (Å²) in [6, 6.07) is 7.56. The lowest BCUT2D eigenvalue weighted by Crippen LogP contribution is -2.38. The van der Waals surface area contributed by atoms with Crippen LogP contribution in [-0.2, 0) is 16.0 Å². The summed E-state index contributed by atoms with van der Waals surface area (Å²) < 4.78 is 11.1. The maximum atomic E-state index is 12.6. The van der Waals surface area contributed by atoms with Gasteiger partial charge in [-0.2, -0.15) is 0 Å². The standard InChI is InChI=1S/C23H32N4O4/c1-15(2)31-19-7-5-6-18(14-19)16(3)24-21(28)9-8-20-17(4)25-23(26-22(20)29)27-10-12-30-13-11-27/h5-7,14-16H,8-13H2,1-4H3,(H,24,28)(H,25,26,29). The molecule has 168 valence electrons. The van der Waals surface area contributed by atoms with E-state index < -0.39 is 0 Å². The zero-order chi connectivity index (χ0) is 22.4. The van der Waals surface area contributed by atoms with Crippen molar-refractivity contribution in [1.82, 2.24) is 15.3 Å². The molecule has 0 aliphatic carbocycles. The fraction of sp³-hybridized carbons (Fsp3) is 0.522. The SMILES string of the molecule is Cc1nc(N2CCOCC2)[nH]c(=O)c1CCC(=O)NC(C)c1cccc(OC(C)C)c1. The van der Waals surface area contributed by atoms with Crippen LogP contribution in [0.1, 0.15) is 50.1 Å². The first-order chi connectivity index (χ1) is 14.8. The Hall–Kier alpha value is -2.87. The van der Waals surface area contributed by atoms with Gasteiger partial charge in [-0.3, -0.25) is 14.6 Å². The molecule has 1 unspecified atom stereocenters. The van der Waals surface area contributed by atoms with Crippen LogP contribution in [0.5, 0.6) is 5.75 Å². The van der Waals surface area contributed by atoms with Gasteiger partial charge in [0, 0.05) is 30.8 Å². The second-order valence-corrected chi connectivity index (χ2v) is 8.08. The van der Waals surface area contributed by atoms with Crippen molar-refractivity contribution in [3.8, 4) is 5.75 Å². The summed E-state index contributed by atoms with van der Waals surface area (Å²) in [5, 5.41) is 3.00. The molecule has 0 saturated carbocycles. The van der Waals surface area contributed by atoms with E-state index in [1.165, 1.54) is 0 Å².